The van der Waals surface area contributed by atoms with Crippen LogP contribution in [0.3, 0.4) is 0 Å². The molecule has 0 saturated heterocycles. The fraction of sp³-hybridized carbons (Fsp3) is 0.385. The third kappa shape index (κ3) is 8.22. The highest BCUT2D eigenvalue weighted by atomic mass is 35.5. The maximum Gasteiger partial charge on any atom is 0.249 e. The Morgan fingerprint density at radius 1 is 1.03 bits per heavy atom. The average Bonchev–Trinajstić information content (AvgIpc) is 3.21. The molecule has 2 N–H and O–H groups in total. The smallest absolute Gasteiger partial charge is 0.249 e. The summed E-state index contributed by atoms with van der Waals surface area (Å²) in [7, 11) is 0. The molecule has 0 aliphatic heterocycles. The minimum atomic E-state index is -0.723. The zero-order valence-electron chi connectivity index (χ0n) is 20.0. The van der Waals surface area contributed by atoms with E-state index in [1.54, 1.807) is 12.1 Å². The lowest BCUT2D eigenvalue weighted by molar-refractivity contribution is -0.127. The van der Waals surface area contributed by atoms with Gasteiger partial charge in [0.1, 0.15) is 11.0 Å². The summed E-state index contributed by atoms with van der Waals surface area (Å²) in [5.41, 5.74) is 1.97. The highest BCUT2D eigenvalue weighted by Crippen LogP contribution is 2.28. The monoisotopic (exact) mass is 498 g/mol. The van der Waals surface area contributed by atoms with Gasteiger partial charge in [0.05, 0.1) is 0 Å². The minimum absolute atomic E-state index is 0.132. The van der Waals surface area contributed by atoms with Gasteiger partial charge < -0.3 is 5.32 Å². The van der Waals surface area contributed by atoms with Crippen molar-refractivity contribution in [3.8, 4) is 10.6 Å². The zero-order chi connectivity index (χ0) is 24.7. The lowest BCUT2D eigenvalue weighted by atomic mass is 9.84. The van der Waals surface area contributed by atoms with Gasteiger partial charge in [-0.2, -0.15) is 0 Å². The Morgan fingerprint density at radius 2 is 1.71 bits per heavy atom. The van der Waals surface area contributed by atoms with Gasteiger partial charge in [0.25, 0.3) is 0 Å². The van der Waals surface area contributed by atoms with Crippen LogP contribution in [0.5, 0.6) is 0 Å². The van der Waals surface area contributed by atoms with E-state index < -0.39 is 6.04 Å². The maximum absolute atomic E-state index is 13.2. The summed E-state index contributed by atoms with van der Waals surface area (Å²) >= 11 is 7.22. The van der Waals surface area contributed by atoms with E-state index in [9.17, 15) is 9.59 Å². The molecule has 3 rings (SSSR count). The van der Waals surface area contributed by atoms with Gasteiger partial charge in [0.2, 0.25) is 16.9 Å². The fourth-order valence-corrected chi connectivity index (χ4v) is 4.80. The molecule has 0 unspecified atom stereocenters. The van der Waals surface area contributed by atoms with Crippen molar-refractivity contribution in [1.82, 2.24) is 15.5 Å². The Labute approximate surface area is 210 Å². The lowest BCUT2D eigenvalue weighted by Gasteiger charge is -2.24. The third-order valence-electron chi connectivity index (χ3n) is 5.18. The van der Waals surface area contributed by atoms with Crippen LogP contribution in [-0.4, -0.2) is 28.1 Å². The van der Waals surface area contributed by atoms with Crippen molar-refractivity contribution in [2.24, 2.45) is 11.3 Å². The van der Waals surface area contributed by atoms with E-state index >= 15 is 0 Å². The Bertz CT molecular complexity index is 1090. The van der Waals surface area contributed by atoms with Crippen molar-refractivity contribution in [2.75, 3.05) is 5.32 Å². The number of hydrogen-bond donors (Lipinski definition) is 2. The number of carbonyl (C=O) groups is 2. The van der Waals surface area contributed by atoms with Crippen LogP contribution in [0.25, 0.3) is 10.6 Å². The molecule has 0 saturated carbocycles. The molecule has 0 aliphatic carbocycles. The molecule has 0 fully saturated rings. The van der Waals surface area contributed by atoms with Gasteiger partial charge in [-0.15, -0.1) is 10.2 Å². The Morgan fingerprint density at radius 3 is 2.35 bits per heavy atom. The van der Waals surface area contributed by atoms with E-state index in [0.717, 1.165) is 17.5 Å². The topological polar surface area (TPSA) is 84.0 Å². The molecule has 2 aromatic carbocycles. The number of halogens is 1. The van der Waals surface area contributed by atoms with Crippen LogP contribution < -0.4 is 10.6 Å². The number of rotatable bonds is 9. The molecule has 34 heavy (non-hydrogen) atoms. The number of benzene rings is 2. The van der Waals surface area contributed by atoms with Gasteiger partial charge >= 0.3 is 0 Å². The molecule has 1 aromatic heterocycles. The second kappa shape index (κ2) is 11.6. The second-order valence-electron chi connectivity index (χ2n) is 9.79. The van der Waals surface area contributed by atoms with E-state index in [1.165, 1.54) is 11.3 Å². The molecule has 0 aliphatic rings. The summed E-state index contributed by atoms with van der Waals surface area (Å²) in [6.07, 6.45) is 1.68. The van der Waals surface area contributed by atoms with Crippen molar-refractivity contribution in [2.45, 2.75) is 53.0 Å². The quantitative estimate of drug-likeness (QED) is 0.379. The molecule has 0 bridgehead atoms. The second-order valence-corrected chi connectivity index (χ2v) is 11.2. The number of nitrogens with zero attached hydrogens (tertiary/aromatic N) is 2. The number of carbonyl (C=O) groups excluding carboxylic acids is 2. The number of anilines is 1. The van der Waals surface area contributed by atoms with Crippen LogP contribution in [0.2, 0.25) is 5.02 Å². The first kappa shape index (κ1) is 25.8. The Kier molecular flexibility index (Phi) is 8.80. The summed E-state index contributed by atoms with van der Waals surface area (Å²) in [4.78, 5) is 25.9. The van der Waals surface area contributed by atoms with Gasteiger partial charge in [0.15, 0.2) is 0 Å². The lowest BCUT2D eigenvalue weighted by Crippen LogP contribution is -2.45. The SMILES string of the molecule is C[C@@H](CC(=O)N[C@@H](Cc1ccccc1)C(=O)Nc1nnc(-c2ccc(Cl)cc2)s1)CC(C)(C)C. The van der Waals surface area contributed by atoms with E-state index in [4.69, 9.17) is 11.6 Å². The van der Waals surface area contributed by atoms with Crippen LogP contribution in [0.1, 0.15) is 46.1 Å². The molecule has 2 atom stereocenters. The van der Waals surface area contributed by atoms with Crippen molar-refractivity contribution in [3.05, 3.63) is 65.2 Å². The van der Waals surface area contributed by atoms with E-state index in [0.29, 0.717) is 28.0 Å². The molecule has 2 amide bonds. The number of nitrogens with one attached hydrogen (secondary N) is 2. The summed E-state index contributed by atoms with van der Waals surface area (Å²) in [6, 6.07) is 16.2. The van der Waals surface area contributed by atoms with Gasteiger partial charge in [0, 0.05) is 23.4 Å². The highest BCUT2D eigenvalue weighted by molar-refractivity contribution is 7.18. The third-order valence-corrected chi connectivity index (χ3v) is 6.32. The molecular formula is C26H31ClN4O2S. The summed E-state index contributed by atoms with van der Waals surface area (Å²) < 4.78 is 0. The standard InChI is InChI=1S/C26H31ClN4O2S/c1-17(16-26(2,3)4)14-22(32)28-21(15-18-8-6-5-7-9-18)23(33)29-25-31-30-24(34-25)19-10-12-20(27)13-11-19/h5-13,17,21H,14-16H2,1-4H3,(H,28,32)(H,29,31,33)/t17-,21-/m0/s1. The summed E-state index contributed by atoms with van der Waals surface area (Å²) in [6.45, 7) is 8.55. The molecule has 180 valence electrons. The van der Waals surface area contributed by atoms with Gasteiger partial charge in [-0.3, -0.25) is 14.9 Å². The number of hydrogen-bond acceptors (Lipinski definition) is 5. The van der Waals surface area contributed by atoms with Crippen LogP contribution in [0, 0.1) is 11.3 Å². The maximum atomic E-state index is 13.2. The first-order valence-electron chi connectivity index (χ1n) is 11.3. The number of amides is 2. The Hall–Kier alpha value is -2.77. The van der Waals surface area contributed by atoms with E-state index in [1.807, 2.05) is 42.5 Å². The minimum Gasteiger partial charge on any atom is -0.344 e. The first-order chi connectivity index (χ1) is 16.1. The van der Waals surface area contributed by atoms with Gasteiger partial charge in [-0.25, -0.2) is 0 Å². The summed E-state index contributed by atoms with van der Waals surface area (Å²) in [5, 5.41) is 15.7. The van der Waals surface area contributed by atoms with Crippen molar-refractivity contribution in [1.29, 1.82) is 0 Å². The van der Waals surface area contributed by atoms with Crippen molar-refractivity contribution < 1.29 is 9.59 Å². The van der Waals surface area contributed by atoms with Crippen LogP contribution in [0.15, 0.2) is 54.6 Å². The van der Waals surface area contributed by atoms with Crippen LogP contribution >= 0.6 is 22.9 Å². The molecule has 3 aromatic rings. The van der Waals surface area contributed by atoms with E-state index in [2.05, 4.69) is 48.5 Å². The summed E-state index contributed by atoms with van der Waals surface area (Å²) in [5.74, 6) is -0.239. The zero-order valence-corrected chi connectivity index (χ0v) is 21.5. The largest absolute Gasteiger partial charge is 0.344 e. The normalized spacial score (nSPS) is 13.2. The van der Waals surface area contributed by atoms with Crippen molar-refractivity contribution in [3.63, 3.8) is 0 Å². The van der Waals surface area contributed by atoms with Crippen LogP contribution in [0.4, 0.5) is 5.13 Å². The predicted octanol–water partition coefficient (Wildman–Crippen LogP) is 5.99. The molecule has 6 nitrogen and oxygen atoms in total. The molecule has 1 heterocycles. The molecule has 8 heteroatoms. The molecule has 0 radical (unpaired) electrons. The van der Waals surface area contributed by atoms with Gasteiger partial charge in [-0.05, 0) is 35.4 Å². The fourth-order valence-electron chi connectivity index (χ4n) is 3.92. The van der Waals surface area contributed by atoms with Crippen LogP contribution in [-0.2, 0) is 16.0 Å². The van der Waals surface area contributed by atoms with Crippen molar-refractivity contribution >= 4 is 39.9 Å². The molecular weight excluding hydrogens is 468 g/mol. The molecule has 0 spiro atoms. The highest BCUT2D eigenvalue weighted by Gasteiger charge is 2.24. The predicted molar refractivity (Wildman–Crippen MR) is 139 cm³/mol. The first-order valence-corrected chi connectivity index (χ1v) is 12.5. The van der Waals surface area contributed by atoms with E-state index in [-0.39, 0.29) is 23.1 Å². The average molecular weight is 499 g/mol. The number of aromatic nitrogens is 2. The Balaban J connectivity index is 1.69. The van der Waals surface area contributed by atoms with Gasteiger partial charge in [-0.1, -0.05) is 93.1 Å².